The molecule has 1 aliphatic carbocycles. The van der Waals surface area contributed by atoms with Crippen LogP contribution in [0.5, 0.6) is 0 Å². The van der Waals surface area contributed by atoms with E-state index in [1.165, 1.54) is 12.8 Å². The Balaban J connectivity index is 1.72. The number of hydrogen-bond acceptors (Lipinski definition) is 5. The van der Waals surface area contributed by atoms with E-state index in [4.69, 9.17) is 18.0 Å². The molecule has 0 radical (unpaired) electrons. The highest BCUT2D eigenvalue weighted by Gasteiger charge is 2.25. The maximum Gasteiger partial charge on any atom is 0.226 e. The summed E-state index contributed by atoms with van der Waals surface area (Å²) < 4.78 is 1.61. The van der Waals surface area contributed by atoms with Crippen molar-refractivity contribution in [3.05, 3.63) is 23.2 Å². The number of aromatic nitrogens is 6. The molecule has 1 aliphatic rings. The molecule has 0 aromatic carbocycles. The Kier molecular flexibility index (Phi) is 2.98. The molecule has 110 valence electrons. The Bertz CT molecular complexity index is 884. The van der Waals surface area contributed by atoms with Gasteiger partial charge in [0.25, 0.3) is 0 Å². The zero-order valence-corrected chi connectivity index (χ0v) is 12.3. The minimum atomic E-state index is 0.131. The predicted octanol–water partition coefficient (Wildman–Crippen LogP) is 2.46. The topological polar surface area (TPSA) is 84.3 Å². The van der Waals surface area contributed by atoms with Crippen molar-refractivity contribution in [2.45, 2.75) is 25.3 Å². The molecule has 7 nitrogen and oxygen atoms in total. The van der Waals surface area contributed by atoms with E-state index in [0.717, 1.165) is 11.1 Å². The van der Waals surface area contributed by atoms with E-state index in [9.17, 15) is 0 Å². The first-order valence-electron chi connectivity index (χ1n) is 6.89. The number of fused-ring (bicyclic) bond motifs is 1. The molecule has 1 fully saturated rings. The van der Waals surface area contributed by atoms with Crippen molar-refractivity contribution in [1.82, 2.24) is 29.9 Å². The zero-order valence-electron chi connectivity index (χ0n) is 11.5. The smallest absolute Gasteiger partial charge is 0.226 e. The van der Waals surface area contributed by atoms with Gasteiger partial charge >= 0.3 is 0 Å². The molecule has 8 heteroatoms. The van der Waals surface area contributed by atoms with Gasteiger partial charge in [-0.15, -0.1) is 6.42 Å². The lowest BCUT2D eigenvalue weighted by Gasteiger charge is -2.04. The van der Waals surface area contributed by atoms with Crippen LogP contribution in [-0.2, 0) is 6.54 Å². The van der Waals surface area contributed by atoms with Gasteiger partial charge in [0, 0.05) is 17.7 Å². The fourth-order valence-corrected chi connectivity index (χ4v) is 2.52. The Hall–Kier alpha value is -2.59. The van der Waals surface area contributed by atoms with Gasteiger partial charge in [0.15, 0.2) is 11.5 Å². The highest BCUT2D eigenvalue weighted by molar-refractivity contribution is 6.28. The standard InChI is InChI=1S/C14H12ClN7/c1-2-5-22-13-9(7-16-22)12(18-14(15)19-13)17-11-6-10(20-21-11)8-3-4-8/h1,6-8H,3-5H2,(H2,17,18,19,20,21). The molecule has 3 aromatic rings. The number of H-pyrrole nitrogens is 1. The van der Waals surface area contributed by atoms with Crippen molar-refractivity contribution < 1.29 is 0 Å². The van der Waals surface area contributed by atoms with E-state index < -0.39 is 0 Å². The Morgan fingerprint density at radius 1 is 1.45 bits per heavy atom. The van der Waals surface area contributed by atoms with Gasteiger partial charge in [0.05, 0.1) is 11.6 Å². The second-order valence-corrected chi connectivity index (χ2v) is 5.53. The normalized spacial score (nSPS) is 14.2. The van der Waals surface area contributed by atoms with Gasteiger partial charge in [0.2, 0.25) is 5.28 Å². The molecule has 0 saturated heterocycles. The summed E-state index contributed by atoms with van der Waals surface area (Å²) in [6, 6.07) is 1.99. The quantitative estimate of drug-likeness (QED) is 0.571. The van der Waals surface area contributed by atoms with Crippen LogP contribution in [0.15, 0.2) is 12.3 Å². The Morgan fingerprint density at radius 3 is 3.09 bits per heavy atom. The van der Waals surface area contributed by atoms with E-state index in [0.29, 0.717) is 29.7 Å². The third kappa shape index (κ3) is 2.27. The number of nitrogens with one attached hydrogen (secondary N) is 2. The Labute approximate surface area is 131 Å². The summed E-state index contributed by atoms with van der Waals surface area (Å²) in [7, 11) is 0. The molecule has 0 aliphatic heterocycles. The molecule has 0 bridgehead atoms. The SMILES string of the molecule is C#CCn1ncc2c(Nc3cc(C4CC4)[nH]n3)nc(Cl)nc21. The molecular weight excluding hydrogens is 302 g/mol. The first-order chi connectivity index (χ1) is 10.7. The summed E-state index contributed by atoms with van der Waals surface area (Å²) in [5.74, 6) is 4.40. The van der Waals surface area contributed by atoms with E-state index in [-0.39, 0.29) is 5.28 Å². The second-order valence-electron chi connectivity index (χ2n) is 5.19. The fraction of sp³-hybridized carbons (Fsp3) is 0.286. The summed E-state index contributed by atoms with van der Waals surface area (Å²) in [5, 5.41) is 15.6. The van der Waals surface area contributed by atoms with Crippen LogP contribution in [0.3, 0.4) is 0 Å². The van der Waals surface area contributed by atoms with E-state index in [1.807, 2.05) is 6.07 Å². The van der Waals surface area contributed by atoms with Crippen molar-refractivity contribution in [2.24, 2.45) is 0 Å². The largest absolute Gasteiger partial charge is 0.323 e. The summed E-state index contributed by atoms with van der Waals surface area (Å²) in [5.41, 5.74) is 1.74. The van der Waals surface area contributed by atoms with Gasteiger partial charge in [-0.25, -0.2) is 4.68 Å². The van der Waals surface area contributed by atoms with Crippen molar-refractivity contribution in [3.8, 4) is 12.3 Å². The van der Waals surface area contributed by atoms with Crippen molar-refractivity contribution in [1.29, 1.82) is 0 Å². The summed E-state index contributed by atoms with van der Waals surface area (Å²) in [4.78, 5) is 8.42. The van der Waals surface area contributed by atoms with Gasteiger partial charge in [0.1, 0.15) is 12.4 Å². The van der Waals surface area contributed by atoms with E-state index in [2.05, 4.69) is 36.5 Å². The summed E-state index contributed by atoms with van der Waals surface area (Å²) >= 11 is 6.00. The number of nitrogens with zero attached hydrogens (tertiary/aromatic N) is 5. The number of terminal acetylenes is 1. The fourth-order valence-electron chi connectivity index (χ4n) is 2.35. The minimum absolute atomic E-state index is 0.131. The zero-order chi connectivity index (χ0) is 15.1. The maximum atomic E-state index is 6.00. The molecule has 3 heterocycles. The highest BCUT2D eigenvalue weighted by Crippen LogP contribution is 2.39. The number of anilines is 2. The molecule has 0 atom stereocenters. The lowest BCUT2D eigenvalue weighted by molar-refractivity contribution is 0.733. The van der Waals surface area contributed by atoms with Crippen LogP contribution in [0.4, 0.5) is 11.6 Å². The van der Waals surface area contributed by atoms with E-state index >= 15 is 0 Å². The van der Waals surface area contributed by atoms with Crippen LogP contribution in [0, 0.1) is 12.3 Å². The summed E-state index contributed by atoms with van der Waals surface area (Å²) in [6.45, 7) is 0.324. The lowest BCUT2D eigenvalue weighted by Crippen LogP contribution is -2.01. The van der Waals surface area contributed by atoms with Gasteiger partial charge in [-0.05, 0) is 24.4 Å². The molecule has 2 N–H and O–H groups in total. The van der Waals surface area contributed by atoms with Crippen LogP contribution >= 0.6 is 11.6 Å². The molecule has 0 spiro atoms. The predicted molar refractivity (Wildman–Crippen MR) is 83.0 cm³/mol. The van der Waals surface area contributed by atoms with Crippen LogP contribution in [-0.4, -0.2) is 29.9 Å². The Morgan fingerprint density at radius 2 is 2.32 bits per heavy atom. The van der Waals surface area contributed by atoms with Gasteiger partial charge < -0.3 is 5.32 Å². The van der Waals surface area contributed by atoms with Crippen LogP contribution < -0.4 is 5.32 Å². The monoisotopic (exact) mass is 313 g/mol. The number of halogens is 1. The minimum Gasteiger partial charge on any atom is -0.323 e. The first kappa shape index (κ1) is 13.1. The highest BCUT2D eigenvalue weighted by atomic mass is 35.5. The number of rotatable bonds is 4. The molecule has 22 heavy (non-hydrogen) atoms. The van der Waals surface area contributed by atoms with Crippen LogP contribution in [0.1, 0.15) is 24.5 Å². The maximum absolute atomic E-state index is 6.00. The molecule has 3 aromatic heterocycles. The summed E-state index contributed by atoms with van der Waals surface area (Å²) in [6.07, 6.45) is 9.42. The first-order valence-corrected chi connectivity index (χ1v) is 7.27. The average Bonchev–Trinajstić information content (AvgIpc) is 3.12. The average molecular weight is 314 g/mol. The number of hydrogen-bond donors (Lipinski definition) is 2. The van der Waals surface area contributed by atoms with Gasteiger partial charge in [-0.2, -0.15) is 20.2 Å². The van der Waals surface area contributed by atoms with Crippen molar-refractivity contribution in [3.63, 3.8) is 0 Å². The third-order valence-corrected chi connectivity index (χ3v) is 3.74. The van der Waals surface area contributed by atoms with E-state index in [1.54, 1.807) is 10.9 Å². The van der Waals surface area contributed by atoms with Crippen LogP contribution in [0.2, 0.25) is 5.28 Å². The molecule has 0 amide bonds. The van der Waals surface area contributed by atoms with Gasteiger partial charge in [-0.1, -0.05) is 5.92 Å². The third-order valence-electron chi connectivity index (χ3n) is 3.57. The molecule has 0 unspecified atom stereocenters. The molecule has 1 saturated carbocycles. The van der Waals surface area contributed by atoms with Crippen LogP contribution in [0.25, 0.3) is 11.0 Å². The van der Waals surface area contributed by atoms with Crippen molar-refractivity contribution >= 4 is 34.3 Å². The molecular formula is C14H12ClN7. The van der Waals surface area contributed by atoms with Gasteiger partial charge in [-0.3, -0.25) is 5.10 Å². The molecule has 4 rings (SSSR count). The number of aromatic amines is 1. The second kappa shape index (κ2) is 5.00. The lowest BCUT2D eigenvalue weighted by atomic mass is 10.3. The van der Waals surface area contributed by atoms with Crippen molar-refractivity contribution in [2.75, 3.05) is 5.32 Å².